The lowest BCUT2D eigenvalue weighted by Crippen LogP contribution is -2.29. The fourth-order valence-electron chi connectivity index (χ4n) is 1.61. The standard InChI is InChI=1S/C15H19NO3/c1-4-19-15(18)10-16-14(17)8-7-13-6-5-11(2)9-12(13)3/h5-9H,4,10H2,1-3H3,(H,16,17)/b8-7+. The summed E-state index contributed by atoms with van der Waals surface area (Å²) in [6.07, 6.45) is 3.14. The van der Waals surface area contributed by atoms with E-state index in [2.05, 4.69) is 11.4 Å². The van der Waals surface area contributed by atoms with Crippen molar-refractivity contribution in [2.24, 2.45) is 0 Å². The zero-order valence-electron chi connectivity index (χ0n) is 11.5. The van der Waals surface area contributed by atoms with E-state index in [4.69, 9.17) is 4.74 Å². The van der Waals surface area contributed by atoms with Crippen LogP contribution in [0.3, 0.4) is 0 Å². The average Bonchev–Trinajstić information content (AvgIpc) is 2.35. The summed E-state index contributed by atoms with van der Waals surface area (Å²) in [4.78, 5) is 22.5. The van der Waals surface area contributed by atoms with Crippen molar-refractivity contribution in [1.29, 1.82) is 0 Å². The third-order valence-corrected chi connectivity index (χ3v) is 2.55. The van der Waals surface area contributed by atoms with Crippen LogP contribution >= 0.6 is 0 Å². The summed E-state index contributed by atoms with van der Waals surface area (Å²) in [5, 5.41) is 2.47. The van der Waals surface area contributed by atoms with Crippen LogP contribution in [0.1, 0.15) is 23.6 Å². The van der Waals surface area contributed by atoms with Crippen LogP contribution in [0.15, 0.2) is 24.3 Å². The molecule has 1 amide bonds. The molecule has 0 aliphatic rings. The number of benzene rings is 1. The van der Waals surface area contributed by atoms with Gasteiger partial charge in [-0.1, -0.05) is 23.8 Å². The second kappa shape index (κ2) is 7.36. The number of aryl methyl sites for hydroxylation is 2. The van der Waals surface area contributed by atoms with Crippen LogP contribution in [0.4, 0.5) is 0 Å². The van der Waals surface area contributed by atoms with Gasteiger partial charge in [-0.25, -0.2) is 0 Å². The van der Waals surface area contributed by atoms with Crippen molar-refractivity contribution in [1.82, 2.24) is 5.32 Å². The molecule has 1 N–H and O–H groups in total. The van der Waals surface area contributed by atoms with Crippen LogP contribution in [0.2, 0.25) is 0 Å². The van der Waals surface area contributed by atoms with Gasteiger partial charge in [-0.2, -0.15) is 0 Å². The maximum absolute atomic E-state index is 11.5. The van der Waals surface area contributed by atoms with Crippen LogP contribution in [-0.4, -0.2) is 25.0 Å². The lowest BCUT2D eigenvalue weighted by atomic mass is 10.1. The predicted molar refractivity (Wildman–Crippen MR) is 74.6 cm³/mol. The van der Waals surface area contributed by atoms with Gasteiger partial charge in [0.2, 0.25) is 5.91 Å². The number of hydrogen-bond donors (Lipinski definition) is 1. The first kappa shape index (κ1) is 15.0. The minimum atomic E-state index is -0.434. The number of carbonyl (C=O) groups excluding carboxylic acids is 2. The van der Waals surface area contributed by atoms with Crippen molar-refractivity contribution < 1.29 is 14.3 Å². The summed E-state index contributed by atoms with van der Waals surface area (Å²) in [6, 6.07) is 6.00. The molecule has 1 aromatic rings. The monoisotopic (exact) mass is 261 g/mol. The van der Waals surface area contributed by atoms with E-state index in [0.29, 0.717) is 6.61 Å². The molecule has 0 aliphatic heterocycles. The van der Waals surface area contributed by atoms with Crippen molar-refractivity contribution in [3.05, 3.63) is 41.0 Å². The topological polar surface area (TPSA) is 55.4 Å². The second-order valence-corrected chi connectivity index (χ2v) is 4.22. The molecule has 4 nitrogen and oxygen atoms in total. The van der Waals surface area contributed by atoms with E-state index in [0.717, 1.165) is 11.1 Å². The molecule has 1 aromatic carbocycles. The SMILES string of the molecule is CCOC(=O)CNC(=O)/C=C/c1ccc(C)cc1C. The molecule has 0 saturated heterocycles. The summed E-state index contributed by atoms with van der Waals surface area (Å²) in [6.45, 7) is 5.94. The summed E-state index contributed by atoms with van der Waals surface area (Å²) >= 11 is 0. The zero-order valence-corrected chi connectivity index (χ0v) is 11.5. The van der Waals surface area contributed by atoms with Gasteiger partial charge in [0.1, 0.15) is 6.54 Å². The molecule has 0 heterocycles. The molecule has 0 radical (unpaired) electrons. The van der Waals surface area contributed by atoms with Crippen LogP contribution in [0.5, 0.6) is 0 Å². The minimum absolute atomic E-state index is 0.107. The molecule has 102 valence electrons. The molecule has 0 unspecified atom stereocenters. The molecule has 19 heavy (non-hydrogen) atoms. The third-order valence-electron chi connectivity index (χ3n) is 2.55. The highest BCUT2D eigenvalue weighted by Gasteiger charge is 2.03. The number of carbonyl (C=O) groups is 2. The number of ether oxygens (including phenoxy) is 1. The van der Waals surface area contributed by atoms with E-state index in [-0.39, 0.29) is 12.5 Å². The van der Waals surface area contributed by atoms with Crippen molar-refractivity contribution in [2.75, 3.05) is 13.2 Å². The third kappa shape index (κ3) is 5.38. The van der Waals surface area contributed by atoms with E-state index in [1.807, 2.05) is 26.0 Å². The van der Waals surface area contributed by atoms with Crippen LogP contribution in [0.25, 0.3) is 6.08 Å². The van der Waals surface area contributed by atoms with Gasteiger partial charge in [0.15, 0.2) is 0 Å². The van der Waals surface area contributed by atoms with Gasteiger partial charge in [-0.3, -0.25) is 9.59 Å². The van der Waals surface area contributed by atoms with Crippen molar-refractivity contribution >= 4 is 18.0 Å². The zero-order chi connectivity index (χ0) is 14.3. The maximum atomic E-state index is 11.5. The minimum Gasteiger partial charge on any atom is -0.465 e. The summed E-state index contributed by atoms with van der Waals surface area (Å²) in [5.74, 6) is -0.746. The Bertz CT molecular complexity index is 492. The molecule has 0 saturated carbocycles. The van der Waals surface area contributed by atoms with Gasteiger partial charge in [0.05, 0.1) is 6.61 Å². The van der Waals surface area contributed by atoms with Gasteiger partial charge in [0.25, 0.3) is 0 Å². The first-order valence-corrected chi connectivity index (χ1v) is 6.21. The number of rotatable bonds is 5. The predicted octanol–water partition coefficient (Wildman–Crippen LogP) is 2.00. The Balaban J connectivity index is 2.52. The van der Waals surface area contributed by atoms with E-state index in [1.165, 1.54) is 11.6 Å². The van der Waals surface area contributed by atoms with Crippen LogP contribution < -0.4 is 5.32 Å². The molecular formula is C15H19NO3. The van der Waals surface area contributed by atoms with E-state index < -0.39 is 5.97 Å². The number of hydrogen-bond acceptors (Lipinski definition) is 3. The van der Waals surface area contributed by atoms with Crippen molar-refractivity contribution in [3.63, 3.8) is 0 Å². The van der Waals surface area contributed by atoms with E-state index in [1.54, 1.807) is 13.0 Å². The highest BCUT2D eigenvalue weighted by atomic mass is 16.5. The quantitative estimate of drug-likeness (QED) is 0.651. The lowest BCUT2D eigenvalue weighted by Gasteiger charge is -2.03. The Kier molecular flexibility index (Phi) is 5.79. The first-order chi connectivity index (χ1) is 9.02. The Morgan fingerprint density at radius 3 is 2.68 bits per heavy atom. The number of esters is 1. The summed E-state index contributed by atoms with van der Waals surface area (Å²) < 4.78 is 4.71. The molecular weight excluding hydrogens is 242 g/mol. The Morgan fingerprint density at radius 2 is 2.05 bits per heavy atom. The van der Waals surface area contributed by atoms with E-state index >= 15 is 0 Å². The average molecular weight is 261 g/mol. The van der Waals surface area contributed by atoms with Crippen LogP contribution in [-0.2, 0) is 14.3 Å². The molecule has 0 aliphatic carbocycles. The van der Waals surface area contributed by atoms with Gasteiger partial charge in [0, 0.05) is 6.08 Å². The molecule has 0 fully saturated rings. The second-order valence-electron chi connectivity index (χ2n) is 4.22. The molecule has 0 aromatic heterocycles. The smallest absolute Gasteiger partial charge is 0.325 e. The van der Waals surface area contributed by atoms with Gasteiger partial charge in [-0.05, 0) is 38.0 Å². The van der Waals surface area contributed by atoms with Gasteiger partial charge >= 0.3 is 5.97 Å². The Morgan fingerprint density at radius 1 is 1.32 bits per heavy atom. The highest BCUT2D eigenvalue weighted by Crippen LogP contribution is 2.11. The molecule has 0 bridgehead atoms. The molecule has 0 atom stereocenters. The number of nitrogens with one attached hydrogen (secondary N) is 1. The van der Waals surface area contributed by atoms with E-state index in [9.17, 15) is 9.59 Å². The first-order valence-electron chi connectivity index (χ1n) is 6.21. The normalized spacial score (nSPS) is 10.5. The summed E-state index contributed by atoms with van der Waals surface area (Å²) in [5.41, 5.74) is 3.27. The molecule has 0 spiro atoms. The number of amides is 1. The fourth-order valence-corrected chi connectivity index (χ4v) is 1.61. The lowest BCUT2D eigenvalue weighted by molar-refractivity contribution is -0.143. The Labute approximate surface area is 113 Å². The van der Waals surface area contributed by atoms with Crippen molar-refractivity contribution in [2.45, 2.75) is 20.8 Å². The van der Waals surface area contributed by atoms with Crippen LogP contribution in [0, 0.1) is 13.8 Å². The largest absolute Gasteiger partial charge is 0.465 e. The van der Waals surface area contributed by atoms with Gasteiger partial charge in [-0.15, -0.1) is 0 Å². The fraction of sp³-hybridized carbons (Fsp3) is 0.333. The maximum Gasteiger partial charge on any atom is 0.325 e. The van der Waals surface area contributed by atoms with Gasteiger partial charge < -0.3 is 10.1 Å². The summed E-state index contributed by atoms with van der Waals surface area (Å²) in [7, 11) is 0. The van der Waals surface area contributed by atoms with Crippen molar-refractivity contribution in [3.8, 4) is 0 Å². The molecule has 1 rings (SSSR count). The molecule has 4 heteroatoms. The Hall–Kier alpha value is -2.10. The highest BCUT2D eigenvalue weighted by molar-refractivity contribution is 5.93.